The van der Waals surface area contributed by atoms with E-state index >= 15 is 0 Å². The Morgan fingerprint density at radius 2 is 2.20 bits per heavy atom. The molecule has 1 atom stereocenters. The van der Waals surface area contributed by atoms with Crippen molar-refractivity contribution in [2.24, 2.45) is 5.73 Å². The molecule has 0 fully saturated rings. The molecule has 0 bridgehead atoms. The molecule has 0 aliphatic heterocycles. The summed E-state index contributed by atoms with van der Waals surface area (Å²) < 4.78 is 15.4. The van der Waals surface area contributed by atoms with Crippen molar-refractivity contribution in [1.29, 1.82) is 0 Å². The van der Waals surface area contributed by atoms with Gasteiger partial charge in [0, 0.05) is 18.2 Å². The largest absolute Gasteiger partial charge is 0.370 e. The summed E-state index contributed by atoms with van der Waals surface area (Å²) in [5.74, 6) is 0.0737. The minimum absolute atomic E-state index is 0.0107. The average molecular weight is 376 g/mol. The number of carbonyl (C=O) groups excluding carboxylic acids is 1. The van der Waals surface area contributed by atoms with Gasteiger partial charge in [-0.05, 0) is 36.1 Å². The lowest BCUT2D eigenvalue weighted by Crippen LogP contribution is -2.15. The first kappa shape index (κ1) is 17.6. The molecule has 8 heteroatoms. The summed E-state index contributed by atoms with van der Waals surface area (Å²) in [6.07, 6.45) is 0.207. The minimum atomic E-state index is -0.375. The molecule has 2 N–H and O–H groups in total. The van der Waals surface area contributed by atoms with Crippen molar-refractivity contribution in [2.45, 2.75) is 30.3 Å². The summed E-state index contributed by atoms with van der Waals surface area (Å²) in [5.41, 5.74) is 6.17. The molecule has 1 unspecified atom stereocenters. The number of hydrogen-bond acceptors (Lipinski definition) is 5. The van der Waals surface area contributed by atoms with Crippen molar-refractivity contribution in [1.82, 2.24) is 14.8 Å². The third kappa shape index (κ3) is 4.26. The van der Waals surface area contributed by atoms with Crippen molar-refractivity contribution in [3.05, 3.63) is 53.2 Å². The van der Waals surface area contributed by atoms with Gasteiger partial charge in [-0.25, -0.2) is 4.39 Å². The maximum atomic E-state index is 13.5. The van der Waals surface area contributed by atoms with Crippen LogP contribution >= 0.6 is 23.1 Å². The molecule has 0 saturated carbocycles. The molecule has 130 valence electrons. The highest BCUT2D eigenvalue weighted by atomic mass is 32.2. The van der Waals surface area contributed by atoms with Crippen LogP contribution in [0.1, 0.15) is 24.2 Å². The molecule has 2 aromatic heterocycles. The molecule has 0 aliphatic rings. The lowest BCUT2D eigenvalue weighted by atomic mass is 10.2. The molecule has 3 aromatic rings. The fourth-order valence-electron chi connectivity index (χ4n) is 2.37. The van der Waals surface area contributed by atoms with Gasteiger partial charge >= 0.3 is 0 Å². The number of hydrogen-bond donors (Lipinski definition) is 1. The Morgan fingerprint density at radius 3 is 2.88 bits per heavy atom. The first-order chi connectivity index (χ1) is 12.0. The van der Waals surface area contributed by atoms with E-state index in [-0.39, 0.29) is 23.4 Å². The molecule has 2 heterocycles. The summed E-state index contributed by atoms with van der Waals surface area (Å²) in [5, 5.41) is 11.2. The van der Waals surface area contributed by atoms with Gasteiger partial charge in [-0.15, -0.1) is 21.5 Å². The molecule has 1 amide bonds. The average Bonchev–Trinajstić information content (AvgIpc) is 3.22. The molecule has 3 rings (SSSR count). The van der Waals surface area contributed by atoms with Crippen LogP contribution in [0.25, 0.3) is 10.7 Å². The maximum absolute atomic E-state index is 13.5. The van der Waals surface area contributed by atoms with Crippen molar-refractivity contribution < 1.29 is 9.18 Å². The van der Waals surface area contributed by atoms with Gasteiger partial charge in [0.1, 0.15) is 5.82 Å². The first-order valence-electron chi connectivity index (χ1n) is 7.72. The Balaban J connectivity index is 1.88. The smallest absolute Gasteiger partial charge is 0.219 e. The quantitative estimate of drug-likeness (QED) is 0.635. The van der Waals surface area contributed by atoms with Crippen LogP contribution in [0.2, 0.25) is 0 Å². The summed E-state index contributed by atoms with van der Waals surface area (Å²) in [4.78, 5) is 12.2. The first-order valence-corrected chi connectivity index (χ1v) is 9.48. The molecular formula is C17H17FN4OS2. The van der Waals surface area contributed by atoms with E-state index in [0.717, 1.165) is 10.4 Å². The number of nitrogens with zero attached hydrogens (tertiary/aromatic N) is 3. The maximum Gasteiger partial charge on any atom is 0.219 e. The van der Waals surface area contributed by atoms with E-state index in [2.05, 4.69) is 10.2 Å². The van der Waals surface area contributed by atoms with E-state index in [1.54, 1.807) is 17.4 Å². The second-order valence-corrected chi connectivity index (χ2v) is 7.72. The van der Waals surface area contributed by atoms with E-state index in [9.17, 15) is 9.18 Å². The molecule has 0 spiro atoms. The van der Waals surface area contributed by atoms with Gasteiger partial charge in [0.25, 0.3) is 0 Å². The number of amides is 1. The zero-order valence-corrected chi connectivity index (χ0v) is 15.2. The van der Waals surface area contributed by atoms with Crippen LogP contribution in [0.4, 0.5) is 4.39 Å². The van der Waals surface area contributed by atoms with Crippen LogP contribution in [0.3, 0.4) is 0 Å². The van der Waals surface area contributed by atoms with Crippen LogP contribution < -0.4 is 5.73 Å². The van der Waals surface area contributed by atoms with E-state index < -0.39 is 0 Å². The summed E-state index contributed by atoms with van der Waals surface area (Å²) in [6.45, 7) is 2.39. The number of rotatable bonds is 7. The fourth-order valence-corrected chi connectivity index (χ4v) is 4.08. The Morgan fingerprint density at radius 1 is 1.36 bits per heavy atom. The predicted molar refractivity (Wildman–Crippen MR) is 97.8 cm³/mol. The van der Waals surface area contributed by atoms with E-state index in [1.807, 2.05) is 35.1 Å². The van der Waals surface area contributed by atoms with Crippen LogP contribution in [0.5, 0.6) is 0 Å². The second kappa shape index (κ2) is 7.79. The van der Waals surface area contributed by atoms with E-state index in [0.29, 0.717) is 17.5 Å². The van der Waals surface area contributed by atoms with Gasteiger partial charge < -0.3 is 10.3 Å². The van der Waals surface area contributed by atoms with Crippen LogP contribution in [0.15, 0.2) is 46.9 Å². The normalized spacial score (nSPS) is 12.2. The number of benzene rings is 1. The topological polar surface area (TPSA) is 73.8 Å². The van der Waals surface area contributed by atoms with Crippen LogP contribution in [0, 0.1) is 5.82 Å². The lowest BCUT2D eigenvalue weighted by Gasteiger charge is -2.13. The monoisotopic (exact) mass is 376 g/mol. The van der Waals surface area contributed by atoms with Gasteiger partial charge in [0.05, 0.1) is 4.88 Å². The number of primary amides is 1. The van der Waals surface area contributed by atoms with Gasteiger partial charge in [-0.2, -0.15) is 0 Å². The Kier molecular flexibility index (Phi) is 5.50. The van der Waals surface area contributed by atoms with E-state index in [4.69, 9.17) is 5.73 Å². The number of carbonyl (C=O) groups is 1. The van der Waals surface area contributed by atoms with Crippen LogP contribution in [-0.4, -0.2) is 20.7 Å². The van der Waals surface area contributed by atoms with E-state index in [1.165, 1.54) is 23.9 Å². The molecule has 25 heavy (non-hydrogen) atoms. The molecule has 5 nitrogen and oxygen atoms in total. The van der Waals surface area contributed by atoms with Gasteiger partial charge in [0.2, 0.25) is 5.91 Å². The summed E-state index contributed by atoms with van der Waals surface area (Å²) in [6, 6.07) is 10.4. The molecule has 0 saturated heterocycles. The van der Waals surface area contributed by atoms with Crippen molar-refractivity contribution in [2.75, 3.05) is 0 Å². The minimum Gasteiger partial charge on any atom is -0.370 e. The molecule has 0 radical (unpaired) electrons. The van der Waals surface area contributed by atoms with Gasteiger partial charge in [-0.3, -0.25) is 4.79 Å². The summed E-state index contributed by atoms with van der Waals surface area (Å²) >= 11 is 3.03. The van der Waals surface area contributed by atoms with Gasteiger partial charge in [-0.1, -0.05) is 30.0 Å². The lowest BCUT2D eigenvalue weighted by molar-refractivity contribution is -0.118. The third-order valence-corrected chi connectivity index (χ3v) is 5.64. The van der Waals surface area contributed by atoms with Gasteiger partial charge in [0.15, 0.2) is 11.0 Å². The zero-order valence-electron chi connectivity index (χ0n) is 13.6. The molecule has 1 aromatic carbocycles. The highest BCUT2D eigenvalue weighted by Gasteiger charge is 2.19. The SMILES string of the molecule is CC(Sc1nnc(-c2cccs2)n1CCC(N)=O)c1cccc(F)c1. The standard InChI is InChI=1S/C17H17FN4OS2/c1-11(12-4-2-5-13(18)10-12)25-17-21-20-16(14-6-3-9-24-14)22(17)8-7-15(19)23/h2-6,9-11H,7-8H2,1H3,(H2,19,23). The zero-order chi connectivity index (χ0) is 17.8. The highest BCUT2D eigenvalue weighted by molar-refractivity contribution is 7.99. The molecule has 0 aliphatic carbocycles. The Hall–Kier alpha value is -2.19. The van der Waals surface area contributed by atoms with Crippen molar-refractivity contribution in [3.8, 4) is 10.7 Å². The number of thioether (sulfide) groups is 1. The second-order valence-electron chi connectivity index (χ2n) is 5.47. The number of nitrogens with two attached hydrogens (primary N) is 1. The fraction of sp³-hybridized carbons (Fsp3) is 0.235. The number of halogens is 1. The Labute approximate surface area is 153 Å². The van der Waals surface area contributed by atoms with Crippen molar-refractivity contribution in [3.63, 3.8) is 0 Å². The molecular weight excluding hydrogens is 359 g/mol. The number of aromatic nitrogens is 3. The predicted octanol–water partition coefficient (Wildman–Crippen LogP) is 3.87. The number of thiophene rings is 1. The summed E-state index contributed by atoms with van der Waals surface area (Å²) in [7, 11) is 0. The Bertz CT molecular complexity index is 863. The highest BCUT2D eigenvalue weighted by Crippen LogP contribution is 2.36. The van der Waals surface area contributed by atoms with Crippen molar-refractivity contribution >= 4 is 29.0 Å². The van der Waals surface area contributed by atoms with Crippen LogP contribution in [-0.2, 0) is 11.3 Å². The third-order valence-electron chi connectivity index (χ3n) is 3.64.